The third-order valence-corrected chi connectivity index (χ3v) is 2.51. The van der Waals surface area contributed by atoms with Gasteiger partial charge in [-0.15, -0.1) is 0 Å². The largest absolute Gasteiger partial charge is 0.361 e. The fourth-order valence-electron chi connectivity index (χ4n) is 1.83. The van der Waals surface area contributed by atoms with Crippen LogP contribution in [0.2, 0.25) is 0 Å². The summed E-state index contributed by atoms with van der Waals surface area (Å²) < 4.78 is 5.05. The highest BCUT2D eigenvalue weighted by molar-refractivity contribution is 5.10. The first-order valence-electron chi connectivity index (χ1n) is 4.41. The average Bonchev–Trinajstić information content (AvgIpc) is 2.58. The van der Waals surface area contributed by atoms with E-state index in [4.69, 9.17) is 4.52 Å². The molecule has 0 N–H and O–H groups in total. The van der Waals surface area contributed by atoms with E-state index in [9.17, 15) is 0 Å². The molecule has 2 rings (SSSR count). The zero-order valence-electron chi connectivity index (χ0n) is 7.58. The molecule has 12 heavy (non-hydrogen) atoms. The summed E-state index contributed by atoms with van der Waals surface area (Å²) >= 11 is 0. The highest BCUT2D eigenvalue weighted by Crippen LogP contribution is 2.29. The molecule has 1 aliphatic heterocycles. The molecule has 3 nitrogen and oxygen atoms in total. The number of likely N-dealkylation sites (tertiary alicyclic amines) is 1. The van der Waals surface area contributed by atoms with Gasteiger partial charge < -0.3 is 4.52 Å². The van der Waals surface area contributed by atoms with Crippen LogP contribution >= 0.6 is 0 Å². The van der Waals surface area contributed by atoms with Gasteiger partial charge in [0.2, 0.25) is 0 Å². The second-order valence-electron chi connectivity index (χ2n) is 3.50. The number of hydrogen-bond donors (Lipinski definition) is 0. The fourth-order valence-corrected chi connectivity index (χ4v) is 1.83. The summed E-state index contributed by atoms with van der Waals surface area (Å²) in [6, 6.07) is 2.52. The van der Waals surface area contributed by atoms with Crippen LogP contribution in [0.1, 0.15) is 30.3 Å². The zero-order valence-corrected chi connectivity index (χ0v) is 7.58. The standard InChI is InChI=1S/C9H14N2O/c1-7-6-8(10-12-7)9-4-3-5-11(9)2/h6,9H,3-5H2,1-2H3. The summed E-state index contributed by atoms with van der Waals surface area (Å²) in [6.45, 7) is 3.11. The summed E-state index contributed by atoms with van der Waals surface area (Å²) in [7, 11) is 2.14. The molecule has 1 saturated heterocycles. The molecule has 2 heterocycles. The predicted molar refractivity (Wildman–Crippen MR) is 45.8 cm³/mol. The Hall–Kier alpha value is -0.830. The van der Waals surface area contributed by atoms with Crippen LogP contribution in [-0.4, -0.2) is 23.6 Å². The van der Waals surface area contributed by atoms with Crippen molar-refractivity contribution in [3.63, 3.8) is 0 Å². The van der Waals surface area contributed by atoms with E-state index in [0.717, 1.165) is 11.5 Å². The fraction of sp³-hybridized carbons (Fsp3) is 0.667. The van der Waals surface area contributed by atoms with Crippen LogP contribution < -0.4 is 0 Å². The van der Waals surface area contributed by atoms with E-state index >= 15 is 0 Å². The van der Waals surface area contributed by atoms with Crippen molar-refractivity contribution >= 4 is 0 Å². The molecule has 1 aromatic rings. The summed E-state index contributed by atoms with van der Waals surface area (Å²) in [6.07, 6.45) is 2.48. The molecule has 0 spiro atoms. The molecule has 0 bridgehead atoms. The van der Waals surface area contributed by atoms with Gasteiger partial charge in [0.15, 0.2) is 0 Å². The minimum atomic E-state index is 0.488. The van der Waals surface area contributed by atoms with Crippen molar-refractivity contribution in [2.24, 2.45) is 0 Å². The summed E-state index contributed by atoms with van der Waals surface area (Å²) in [4.78, 5) is 2.33. The quantitative estimate of drug-likeness (QED) is 0.636. The van der Waals surface area contributed by atoms with E-state index in [1.165, 1.54) is 19.4 Å². The molecule has 1 aromatic heterocycles. The Kier molecular flexibility index (Phi) is 1.89. The minimum Gasteiger partial charge on any atom is -0.361 e. The van der Waals surface area contributed by atoms with Gasteiger partial charge in [0.05, 0.1) is 6.04 Å². The maximum atomic E-state index is 5.05. The monoisotopic (exact) mass is 166 g/mol. The molecule has 1 fully saturated rings. The first-order valence-corrected chi connectivity index (χ1v) is 4.41. The Morgan fingerprint density at radius 1 is 1.67 bits per heavy atom. The molecule has 1 aliphatic rings. The molecule has 0 aliphatic carbocycles. The first kappa shape index (κ1) is 7.80. The highest BCUT2D eigenvalue weighted by Gasteiger charge is 2.24. The normalized spacial score (nSPS) is 25.0. The highest BCUT2D eigenvalue weighted by atomic mass is 16.5. The maximum Gasteiger partial charge on any atom is 0.133 e. The van der Waals surface area contributed by atoms with E-state index in [1.54, 1.807) is 0 Å². The molecule has 66 valence electrons. The van der Waals surface area contributed by atoms with Gasteiger partial charge in [0.25, 0.3) is 0 Å². The Morgan fingerprint density at radius 3 is 3.00 bits per heavy atom. The third kappa shape index (κ3) is 1.25. The lowest BCUT2D eigenvalue weighted by molar-refractivity contribution is 0.295. The van der Waals surface area contributed by atoms with E-state index in [-0.39, 0.29) is 0 Å². The van der Waals surface area contributed by atoms with Gasteiger partial charge in [-0.3, -0.25) is 4.90 Å². The molecule has 0 amide bonds. The number of nitrogens with zero attached hydrogens (tertiary/aromatic N) is 2. The molecular weight excluding hydrogens is 152 g/mol. The van der Waals surface area contributed by atoms with Crippen molar-refractivity contribution in [3.8, 4) is 0 Å². The van der Waals surface area contributed by atoms with Gasteiger partial charge in [-0.05, 0) is 33.4 Å². The third-order valence-electron chi connectivity index (χ3n) is 2.51. The molecule has 3 heteroatoms. The topological polar surface area (TPSA) is 29.3 Å². The van der Waals surface area contributed by atoms with Crippen molar-refractivity contribution < 1.29 is 4.52 Å². The van der Waals surface area contributed by atoms with E-state index in [0.29, 0.717) is 6.04 Å². The number of rotatable bonds is 1. The summed E-state index contributed by atoms with van der Waals surface area (Å²) in [5, 5.41) is 4.03. The first-order chi connectivity index (χ1) is 5.77. The lowest BCUT2D eigenvalue weighted by Crippen LogP contribution is -2.17. The van der Waals surface area contributed by atoms with Gasteiger partial charge in [-0.1, -0.05) is 5.16 Å². The van der Waals surface area contributed by atoms with Gasteiger partial charge in [0, 0.05) is 6.07 Å². The number of aromatic nitrogens is 1. The second kappa shape index (κ2) is 2.90. The maximum absolute atomic E-state index is 5.05. The average molecular weight is 166 g/mol. The van der Waals surface area contributed by atoms with Crippen LogP contribution in [0.15, 0.2) is 10.6 Å². The van der Waals surface area contributed by atoms with Crippen LogP contribution in [0.25, 0.3) is 0 Å². The summed E-state index contributed by atoms with van der Waals surface area (Å²) in [5.41, 5.74) is 1.09. The number of hydrogen-bond acceptors (Lipinski definition) is 3. The van der Waals surface area contributed by atoms with Gasteiger partial charge >= 0.3 is 0 Å². The van der Waals surface area contributed by atoms with Crippen molar-refractivity contribution in [2.45, 2.75) is 25.8 Å². The van der Waals surface area contributed by atoms with Crippen LogP contribution in [0.5, 0.6) is 0 Å². The Bertz CT molecular complexity index is 269. The molecule has 0 radical (unpaired) electrons. The Morgan fingerprint density at radius 2 is 2.50 bits per heavy atom. The lowest BCUT2D eigenvalue weighted by atomic mass is 10.1. The van der Waals surface area contributed by atoms with Crippen LogP contribution in [0, 0.1) is 6.92 Å². The van der Waals surface area contributed by atoms with Crippen molar-refractivity contribution in [3.05, 3.63) is 17.5 Å². The molecular formula is C9H14N2O. The van der Waals surface area contributed by atoms with Gasteiger partial charge in [-0.25, -0.2) is 0 Å². The Labute approximate surface area is 72.3 Å². The van der Waals surface area contributed by atoms with Crippen LogP contribution in [0.4, 0.5) is 0 Å². The zero-order chi connectivity index (χ0) is 8.55. The predicted octanol–water partition coefficient (Wildman–Crippen LogP) is 1.75. The van der Waals surface area contributed by atoms with Crippen LogP contribution in [0.3, 0.4) is 0 Å². The molecule has 1 atom stereocenters. The van der Waals surface area contributed by atoms with E-state index in [2.05, 4.69) is 17.1 Å². The molecule has 1 unspecified atom stereocenters. The van der Waals surface area contributed by atoms with Gasteiger partial charge in [-0.2, -0.15) is 0 Å². The second-order valence-corrected chi connectivity index (χ2v) is 3.50. The number of aryl methyl sites for hydroxylation is 1. The SMILES string of the molecule is Cc1cc(C2CCCN2C)no1. The summed E-state index contributed by atoms with van der Waals surface area (Å²) in [5.74, 6) is 0.908. The van der Waals surface area contributed by atoms with Crippen molar-refractivity contribution in [1.29, 1.82) is 0 Å². The van der Waals surface area contributed by atoms with Crippen molar-refractivity contribution in [2.75, 3.05) is 13.6 Å². The van der Waals surface area contributed by atoms with E-state index in [1.807, 2.05) is 13.0 Å². The lowest BCUT2D eigenvalue weighted by Gasteiger charge is -2.15. The molecule has 0 aromatic carbocycles. The van der Waals surface area contributed by atoms with Gasteiger partial charge in [0.1, 0.15) is 11.5 Å². The molecule has 0 saturated carbocycles. The smallest absolute Gasteiger partial charge is 0.133 e. The van der Waals surface area contributed by atoms with Crippen LogP contribution in [-0.2, 0) is 0 Å². The minimum absolute atomic E-state index is 0.488. The van der Waals surface area contributed by atoms with E-state index < -0.39 is 0 Å². The Balaban J connectivity index is 2.19. The van der Waals surface area contributed by atoms with Crippen molar-refractivity contribution in [1.82, 2.24) is 10.1 Å².